The van der Waals surface area contributed by atoms with E-state index in [4.69, 9.17) is 9.47 Å². The molecule has 4 aliphatic carbocycles. The van der Waals surface area contributed by atoms with E-state index in [-0.39, 0.29) is 35.8 Å². The largest absolute Gasteiger partial charge is 0.462 e. The minimum absolute atomic E-state index is 0.0160. The van der Waals surface area contributed by atoms with Crippen LogP contribution in [-0.2, 0) is 23.9 Å². The molecule has 0 spiro atoms. The summed E-state index contributed by atoms with van der Waals surface area (Å²) in [5.41, 5.74) is -0.379. The van der Waals surface area contributed by atoms with Gasteiger partial charge >= 0.3 is 11.9 Å². The SMILES string of the molecule is CC(=O)OCC(=O)[C@@]1(O)CC[C@@H]2[C@H]3CC=C4C[C@@H](OC(C)=O)CC[C@]4(C)[C@@H]3CC[C@@]21C. The molecule has 0 radical (unpaired) electrons. The zero-order valence-corrected chi connectivity index (χ0v) is 19.2. The second-order valence-corrected chi connectivity index (χ2v) is 10.8. The Labute approximate surface area is 184 Å². The van der Waals surface area contributed by atoms with Gasteiger partial charge < -0.3 is 14.6 Å². The second kappa shape index (κ2) is 7.72. The Morgan fingerprint density at radius 1 is 1.03 bits per heavy atom. The number of aliphatic hydroxyl groups is 1. The van der Waals surface area contributed by atoms with Crippen LogP contribution in [0.2, 0.25) is 0 Å². The van der Waals surface area contributed by atoms with E-state index >= 15 is 0 Å². The molecule has 172 valence electrons. The van der Waals surface area contributed by atoms with Crippen molar-refractivity contribution in [3.8, 4) is 0 Å². The number of allylic oxidation sites excluding steroid dienone is 1. The summed E-state index contributed by atoms with van der Waals surface area (Å²) in [6, 6.07) is 0. The van der Waals surface area contributed by atoms with Gasteiger partial charge in [0.25, 0.3) is 0 Å². The topological polar surface area (TPSA) is 89.9 Å². The van der Waals surface area contributed by atoms with Crippen LogP contribution >= 0.6 is 0 Å². The van der Waals surface area contributed by atoms with Gasteiger partial charge in [0.2, 0.25) is 5.78 Å². The Kier molecular flexibility index (Phi) is 5.60. The minimum atomic E-state index is -1.42. The van der Waals surface area contributed by atoms with E-state index in [0.717, 1.165) is 44.9 Å². The van der Waals surface area contributed by atoms with Gasteiger partial charge in [0.1, 0.15) is 11.7 Å². The first-order chi connectivity index (χ1) is 14.5. The molecule has 0 heterocycles. The maximum atomic E-state index is 12.9. The lowest BCUT2D eigenvalue weighted by Gasteiger charge is -2.58. The third kappa shape index (κ3) is 3.46. The van der Waals surface area contributed by atoms with E-state index in [2.05, 4.69) is 19.9 Å². The fourth-order valence-corrected chi connectivity index (χ4v) is 7.72. The van der Waals surface area contributed by atoms with Crippen LogP contribution in [0.25, 0.3) is 0 Å². The molecule has 0 unspecified atom stereocenters. The van der Waals surface area contributed by atoms with Crippen molar-refractivity contribution in [1.82, 2.24) is 0 Å². The molecule has 0 aromatic heterocycles. The highest BCUT2D eigenvalue weighted by Gasteiger charge is 2.66. The minimum Gasteiger partial charge on any atom is -0.462 e. The standard InChI is InChI=1S/C25H36O6/c1-15(26)30-14-22(28)25(29)12-9-21-19-6-5-17-13-18(31-16(2)27)7-10-23(17,3)20(19)8-11-24(21,25)4/h5,18-21,29H,6-14H2,1-4H3/t18-,19-,20+,21+,23-,24-,25-/m0/s1. The average Bonchev–Trinajstić information content (AvgIpc) is 2.98. The van der Waals surface area contributed by atoms with Gasteiger partial charge in [0.05, 0.1) is 0 Å². The predicted octanol–water partition coefficient (Wildman–Crippen LogP) is 3.74. The fourth-order valence-electron chi connectivity index (χ4n) is 7.72. The number of ketones is 1. The maximum absolute atomic E-state index is 12.9. The zero-order valence-electron chi connectivity index (χ0n) is 19.2. The van der Waals surface area contributed by atoms with Crippen LogP contribution in [0.4, 0.5) is 0 Å². The molecule has 0 aromatic rings. The van der Waals surface area contributed by atoms with Crippen LogP contribution in [0.5, 0.6) is 0 Å². The monoisotopic (exact) mass is 432 g/mol. The number of carbonyl (C=O) groups excluding carboxylic acids is 3. The Morgan fingerprint density at radius 2 is 1.74 bits per heavy atom. The van der Waals surface area contributed by atoms with Crippen molar-refractivity contribution in [1.29, 1.82) is 0 Å². The van der Waals surface area contributed by atoms with E-state index in [0.29, 0.717) is 18.3 Å². The Balaban J connectivity index is 1.56. The lowest BCUT2D eigenvalue weighted by Crippen LogP contribution is -2.58. The van der Waals surface area contributed by atoms with E-state index in [1.807, 2.05) is 0 Å². The lowest BCUT2D eigenvalue weighted by atomic mass is 9.46. The van der Waals surface area contributed by atoms with Gasteiger partial charge in [0, 0.05) is 25.7 Å². The molecular weight excluding hydrogens is 396 g/mol. The highest BCUT2D eigenvalue weighted by atomic mass is 16.5. The molecule has 0 aromatic carbocycles. The number of hydrogen-bond donors (Lipinski definition) is 1. The number of carbonyl (C=O) groups is 3. The van der Waals surface area contributed by atoms with Crippen LogP contribution in [0, 0.1) is 28.6 Å². The number of Topliss-reactive ketones (excluding diaryl/α,β-unsaturated/α-hetero) is 1. The molecular formula is C25H36O6. The summed E-state index contributed by atoms with van der Waals surface area (Å²) < 4.78 is 10.5. The number of rotatable bonds is 4. The van der Waals surface area contributed by atoms with Crippen molar-refractivity contribution in [2.24, 2.45) is 28.6 Å². The molecule has 0 amide bonds. The second-order valence-electron chi connectivity index (χ2n) is 10.8. The molecule has 7 atom stereocenters. The third-order valence-electron chi connectivity index (χ3n) is 9.41. The Morgan fingerprint density at radius 3 is 2.42 bits per heavy atom. The summed E-state index contributed by atoms with van der Waals surface area (Å²) in [5, 5.41) is 11.5. The quantitative estimate of drug-likeness (QED) is 0.538. The summed E-state index contributed by atoms with van der Waals surface area (Å²) in [4.78, 5) is 35.5. The third-order valence-corrected chi connectivity index (χ3v) is 9.41. The summed E-state index contributed by atoms with van der Waals surface area (Å²) in [6.45, 7) is 6.86. The number of esters is 2. The highest BCUT2D eigenvalue weighted by molar-refractivity contribution is 5.90. The summed E-state index contributed by atoms with van der Waals surface area (Å²) in [7, 11) is 0. The molecule has 6 heteroatoms. The average molecular weight is 433 g/mol. The van der Waals surface area contributed by atoms with Crippen LogP contribution in [0.1, 0.15) is 79.1 Å². The molecule has 3 fully saturated rings. The van der Waals surface area contributed by atoms with E-state index in [9.17, 15) is 19.5 Å². The smallest absolute Gasteiger partial charge is 0.303 e. The van der Waals surface area contributed by atoms with Gasteiger partial charge in [-0.1, -0.05) is 25.5 Å². The van der Waals surface area contributed by atoms with Crippen molar-refractivity contribution in [2.75, 3.05) is 6.61 Å². The number of fused-ring (bicyclic) bond motifs is 5. The maximum Gasteiger partial charge on any atom is 0.303 e. The molecule has 4 aliphatic rings. The van der Waals surface area contributed by atoms with Gasteiger partial charge in [-0.25, -0.2) is 0 Å². The van der Waals surface area contributed by atoms with E-state index in [1.54, 1.807) is 0 Å². The van der Waals surface area contributed by atoms with Gasteiger partial charge in [-0.3, -0.25) is 14.4 Å². The molecule has 31 heavy (non-hydrogen) atoms. The van der Waals surface area contributed by atoms with E-state index in [1.165, 1.54) is 19.4 Å². The Hall–Kier alpha value is -1.69. The van der Waals surface area contributed by atoms with Crippen molar-refractivity contribution < 1.29 is 29.0 Å². The molecule has 0 saturated heterocycles. The van der Waals surface area contributed by atoms with Crippen LogP contribution in [0.3, 0.4) is 0 Å². The highest BCUT2D eigenvalue weighted by Crippen LogP contribution is 2.67. The first-order valence-electron chi connectivity index (χ1n) is 11.8. The van der Waals surface area contributed by atoms with Crippen LogP contribution in [0.15, 0.2) is 11.6 Å². The molecule has 1 N–H and O–H groups in total. The Bertz CT molecular complexity index is 817. The first kappa shape index (κ1) is 22.5. The number of ether oxygens (including phenoxy) is 2. The molecule has 4 rings (SSSR count). The fraction of sp³-hybridized carbons (Fsp3) is 0.800. The summed E-state index contributed by atoms with van der Waals surface area (Å²) in [5.74, 6) is 0.176. The lowest BCUT2D eigenvalue weighted by molar-refractivity contribution is -0.169. The zero-order chi connectivity index (χ0) is 22.6. The first-order valence-corrected chi connectivity index (χ1v) is 11.8. The predicted molar refractivity (Wildman–Crippen MR) is 114 cm³/mol. The van der Waals surface area contributed by atoms with Gasteiger partial charge in [-0.2, -0.15) is 0 Å². The summed E-state index contributed by atoms with van der Waals surface area (Å²) in [6.07, 6.45) is 9.08. The van der Waals surface area contributed by atoms with E-state index < -0.39 is 17.0 Å². The van der Waals surface area contributed by atoms with Gasteiger partial charge in [0.15, 0.2) is 6.61 Å². The van der Waals surface area contributed by atoms with Crippen molar-refractivity contribution in [3.05, 3.63) is 11.6 Å². The van der Waals surface area contributed by atoms with Crippen molar-refractivity contribution in [3.63, 3.8) is 0 Å². The van der Waals surface area contributed by atoms with Crippen LogP contribution in [-0.4, -0.2) is 41.1 Å². The molecule has 6 nitrogen and oxygen atoms in total. The molecule has 0 bridgehead atoms. The van der Waals surface area contributed by atoms with Crippen molar-refractivity contribution >= 4 is 17.7 Å². The molecule has 0 aliphatic heterocycles. The molecule has 3 saturated carbocycles. The van der Waals surface area contributed by atoms with Gasteiger partial charge in [-0.05, 0) is 68.1 Å². The number of hydrogen-bond acceptors (Lipinski definition) is 6. The van der Waals surface area contributed by atoms with Gasteiger partial charge in [-0.15, -0.1) is 0 Å². The van der Waals surface area contributed by atoms with Crippen LogP contribution < -0.4 is 0 Å². The van der Waals surface area contributed by atoms with Crippen molar-refractivity contribution in [2.45, 2.75) is 90.8 Å². The summed E-state index contributed by atoms with van der Waals surface area (Å²) >= 11 is 0. The normalized spacial score (nSPS) is 43.7.